The molecule has 1 amide bonds. The topological polar surface area (TPSA) is 102 Å². The van der Waals surface area contributed by atoms with Crippen molar-refractivity contribution in [3.8, 4) is 10.7 Å². The molecule has 136 valence electrons. The van der Waals surface area contributed by atoms with Gasteiger partial charge < -0.3 is 9.84 Å². The van der Waals surface area contributed by atoms with Crippen molar-refractivity contribution in [2.45, 2.75) is 24.9 Å². The summed E-state index contributed by atoms with van der Waals surface area (Å²) in [6.07, 6.45) is 0. The first-order valence-corrected chi connectivity index (χ1v) is 10.4. The zero-order valence-corrected chi connectivity index (χ0v) is 15.8. The highest BCUT2D eigenvalue weighted by Gasteiger charge is 2.30. The molecule has 7 nitrogen and oxygen atoms in total. The number of anilines is 1. The predicted octanol–water partition coefficient (Wildman–Crippen LogP) is 3.05. The van der Waals surface area contributed by atoms with Gasteiger partial charge in [0.05, 0.1) is 4.88 Å². The van der Waals surface area contributed by atoms with Crippen LogP contribution in [0, 0.1) is 6.92 Å². The molecule has 3 rings (SSSR count). The summed E-state index contributed by atoms with van der Waals surface area (Å²) in [6, 6.07) is 10.8. The van der Waals surface area contributed by atoms with Crippen LogP contribution in [0.2, 0.25) is 0 Å². The van der Waals surface area contributed by atoms with Gasteiger partial charge in [-0.3, -0.25) is 4.79 Å². The summed E-state index contributed by atoms with van der Waals surface area (Å²) in [7, 11) is -3.80. The predicted molar refractivity (Wildman–Crippen MR) is 99.5 cm³/mol. The lowest BCUT2D eigenvalue weighted by Gasteiger charge is -2.12. The van der Waals surface area contributed by atoms with Crippen molar-refractivity contribution in [2.24, 2.45) is 0 Å². The van der Waals surface area contributed by atoms with Crippen LogP contribution < -0.4 is 5.32 Å². The summed E-state index contributed by atoms with van der Waals surface area (Å²) in [5.41, 5.74) is 1.59. The fraction of sp³-hybridized carbons (Fsp3) is 0.235. The largest absolute Gasteiger partial charge is 0.338 e. The van der Waals surface area contributed by atoms with Crippen LogP contribution in [0.3, 0.4) is 0 Å². The Morgan fingerprint density at radius 2 is 2.00 bits per heavy atom. The number of nitrogens with one attached hydrogen (secondary N) is 1. The minimum Gasteiger partial charge on any atom is -0.338 e. The Labute approximate surface area is 155 Å². The number of amides is 1. The Morgan fingerprint density at radius 3 is 2.65 bits per heavy atom. The van der Waals surface area contributed by atoms with Crippen LogP contribution in [0.5, 0.6) is 0 Å². The zero-order chi connectivity index (χ0) is 18.7. The van der Waals surface area contributed by atoms with Gasteiger partial charge in [0.2, 0.25) is 17.6 Å². The molecule has 0 aliphatic carbocycles. The maximum atomic E-state index is 12.5. The summed E-state index contributed by atoms with van der Waals surface area (Å²) in [5.74, 6) is -0.800. The highest BCUT2D eigenvalue weighted by atomic mass is 32.2. The van der Waals surface area contributed by atoms with Gasteiger partial charge in [-0.05, 0) is 37.4 Å². The monoisotopic (exact) mass is 391 g/mol. The number of thiophene rings is 1. The van der Waals surface area contributed by atoms with E-state index in [0.29, 0.717) is 11.5 Å². The molecule has 1 aromatic carbocycles. The molecule has 0 fully saturated rings. The van der Waals surface area contributed by atoms with Crippen molar-refractivity contribution in [3.63, 3.8) is 0 Å². The molecule has 9 heteroatoms. The fourth-order valence-electron chi connectivity index (χ4n) is 2.16. The van der Waals surface area contributed by atoms with E-state index >= 15 is 0 Å². The van der Waals surface area contributed by atoms with Crippen LogP contribution >= 0.6 is 11.3 Å². The maximum Gasteiger partial charge on any atom is 0.242 e. The number of sulfone groups is 1. The summed E-state index contributed by atoms with van der Waals surface area (Å²) < 4.78 is 30.0. The maximum absolute atomic E-state index is 12.5. The van der Waals surface area contributed by atoms with E-state index in [1.54, 1.807) is 12.1 Å². The van der Waals surface area contributed by atoms with Gasteiger partial charge >= 0.3 is 0 Å². The van der Waals surface area contributed by atoms with Gasteiger partial charge in [0.1, 0.15) is 11.0 Å². The number of nitrogens with zero attached hydrogens (tertiary/aromatic N) is 2. The van der Waals surface area contributed by atoms with Crippen molar-refractivity contribution in [1.29, 1.82) is 0 Å². The Hall–Kier alpha value is -2.52. The molecule has 0 spiro atoms. The first kappa shape index (κ1) is 18.3. The molecule has 1 atom stereocenters. The lowest BCUT2D eigenvalue weighted by Crippen LogP contribution is -2.33. The third kappa shape index (κ3) is 4.17. The molecule has 0 radical (unpaired) electrons. The first-order chi connectivity index (χ1) is 12.3. The Kier molecular flexibility index (Phi) is 5.19. The molecule has 0 saturated carbocycles. The van der Waals surface area contributed by atoms with Crippen LogP contribution in [0.15, 0.2) is 46.3 Å². The SMILES string of the molecule is Cc1ccc(NC(=O)[C@H](C)S(=O)(=O)Cc2nc(-c3cccs3)no2)cc1. The van der Waals surface area contributed by atoms with E-state index in [0.717, 1.165) is 10.4 Å². The molecule has 2 aromatic heterocycles. The summed E-state index contributed by atoms with van der Waals surface area (Å²) in [6.45, 7) is 3.27. The van der Waals surface area contributed by atoms with E-state index in [2.05, 4.69) is 15.5 Å². The smallest absolute Gasteiger partial charge is 0.242 e. The van der Waals surface area contributed by atoms with Crippen LogP contribution in [-0.2, 0) is 20.4 Å². The number of hydrogen-bond acceptors (Lipinski definition) is 7. The number of carbonyl (C=O) groups excluding carboxylic acids is 1. The van der Waals surface area contributed by atoms with Crippen LogP contribution in [0.1, 0.15) is 18.4 Å². The Balaban J connectivity index is 1.68. The first-order valence-electron chi connectivity index (χ1n) is 7.81. The average molecular weight is 391 g/mol. The summed E-state index contributed by atoms with van der Waals surface area (Å²) in [5, 5.41) is 7.00. The van der Waals surface area contributed by atoms with E-state index in [1.165, 1.54) is 18.3 Å². The lowest BCUT2D eigenvalue weighted by molar-refractivity contribution is -0.115. The summed E-state index contributed by atoms with van der Waals surface area (Å²) >= 11 is 1.42. The van der Waals surface area contributed by atoms with E-state index < -0.39 is 26.7 Å². The normalized spacial score (nSPS) is 12.7. The van der Waals surface area contributed by atoms with Crippen molar-refractivity contribution in [3.05, 3.63) is 53.2 Å². The second-order valence-corrected chi connectivity index (χ2v) is 9.06. The zero-order valence-electron chi connectivity index (χ0n) is 14.2. The second-order valence-electron chi connectivity index (χ2n) is 5.79. The third-order valence-electron chi connectivity index (χ3n) is 3.76. The summed E-state index contributed by atoms with van der Waals surface area (Å²) in [4.78, 5) is 17.1. The minimum absolute atomic E-state index is 0.0385. The van der Waals surface area contributed by atoms with Gasteiger partial charge in [0.25, 0.3) is 0 Å². The van der Waals surface area contributed by atoms with E-state index in [-0.39, 0.29) is 5.89 Å². The molecule has 2 heterocycles. The molecule has 0 saturated heterocycles. The standard InChI is InChI=1S/C17H17N3O4S2/c1-11-5-7-13(8-6-11)18-17(21)12(2)26(22,23)10-15-19-16(20-24-15)14-4-3-9-25-14/h3-9,12H,10H2,1-2H3,(H,18,21)/t12-/m0/s1. The highest BCUT2D eigenvalue weighted by molar-refractivity contribution is 7.92. The van der Waals surface area contributed by atoms with Crippen molar-refractivity contribution in [1.82, 2.24) is 10.1 Å². The molecule has 26 heavy (non-hydrogen) atoms. The van der Waals surface area contributed by atoms with Gasteiger partial charge in [0.15, 0.2) is 9.84 Å². The fourth-order valence-corrected chi connectivity index (χ4v) is 3.91. The molecule has 0 aliphatic rings. The van der Waals surface area contributed by atoms with Crippen molar-refractivity contribution >= 4 is 32.8 Å². The second kappa shape index (κ2) is 7.38. The van der Waals surface area contributed by atoms with Crippen molar-refractivity contribution in [2.75, 3.05) is 5.32 Å². The lowest BCUT2D eigenvalue weighted by atomic mass is 10.2. The number of rotatable bonds is 6. The van der Waals surface area contributed by atoms with Crippen LogP contribution in [-0.4, -0.2) is 29.7 Å². The number of hydrogen-bond donors (Lipinski definition) is 1. The molecule has 0 bridgehead atoms. The Bertz CT molecular complexity index is 993. The van der Waals surface area contributed by atoms with Gasteiger partial charge in [-0.2, -0.15) is 4.98 Å². The number of carbonyl (C=O) groups is 1. The van der Waals surface area contributed by atoms with Gasteiger partial charge in [-0.15, -0.1) is 11.3 Å². The van der Waals surface area contributed by atoms with Gasteiger partial charge in [-0.1, -0.05) is 28.9 Å². The minimum atomic E-state index is -3.80. The van der Waals surface area contributed by atoms with E-state index in [4.69, 9.17) is 4.52 Å². The average Bonchev–Trinajstić information content (AvgIpc) is 3.27. The molecule has 1 N–H and O–H groups in total. The van der Waals surface area contributed by atoms with E-state index in [1.807, 2.05) is 36.6 Å². The van der Waals surface area contributed by atoms with Crippen LogP contribution in [0.25, 0.3) is 10.7 Å². The van der Waals surface area contributed by atoms with E-state index in [9.17, 15) is 13.2 Å². The quantitative estimate of drug-likeness (QED) is 0.693. The number of aryl methyl sites for hydroxylation is 1. The molecule has 0 aliphatic heterocycles. The molecular formula is C17H17N3O4S2. The molecule has 3 aromatic rings. The van der Waals surface area contributed by atoms with Crippen molar-refractivity contribution < 1.29 is 17.7 Å². The Morgan fingerprint density at radius 1 is 1.27 bits per heavy atom. The molecule has 0 unspecified atom stereocenters. The van der Waals surface area contributed by atoms with Gasteiger partial charge in [0, 0.05) is 5.69 Å². The number of aromatic nitrogens is 2. The van der Waals surface area contributed by atoms with Crippen LogP contribution in [0.4, 0.5) is 5.69 Å². The highest BCUT2D eigenvalue weighted by Crippen LogP contribution is 2.22. The third-order valence-corrected chi connectivity index (χ3v) is 6.57. The molecular weight excluding hydrogens is 374 g/mol. The number of benzene rings is 1. The van der Waals surface area contributed by atoms with Gasteiger partial charge in [-0.25, -0.2) is 8.42 Å².